The van der Waals surface area contributed by atoms with E-state index in [-0.39, 0.29) is 17.0 Å². The number of alkyl halides is 3. The molecule has 1 aromatic heterocycles. The average Bonchev–Trinajstić information content (AvgIpc) is 3.33. The lowest BCUT2D eigenvalue weighted by Gasteiger charge is -2.25. The lowest BCUT2D eigenvalue weighted by Crippen LogP contribution is -2.29. The third-order valence-corrected chi connectivity index (χ3v) is 6.77. The number of hydrogen-bond acceptors (Lipinski definition) is 4. The molecule has 0 radical (unpaired) electrons. The van der Waals surface area contributed by atoms with E-state index in [2.05, 4.69) is 0 Å². The normalized spacial score (nSPS) is 18.2. The summed E-state index contributed by atoms with van der Waals surface area (Å²) >= 11 is 1.31. The fourth-order valence-electron chi connectivity index (χ4n) is 3.88. The first kappa shape index (κ1) is 22.8. The number of aliphatic hydroxyl groups excluding tert-OH is 1. The predicted octanol–water partition coefficient (Wildman–Crippen LogP) is 6.26. The maximum absolute atomic E-state index is 13.1. The molecule has 3 aromatic rings. The van der Waals surface area contributed by atoms with Crippen LogP contribution in [0.3, 0.4) is 0 Å². The average molecular weight is 472 g/mol. The first-order chi connectivity index (χ1) is 15.6. The Morgan fingerprint density at radius 1 is 1.03 bits per heavy atom. The van der Waals surface area contributed by atoms with Crippen molar-refractivity contribution in [2.24, 2.45) is 0 Å². The number of ketones is 1. The maximum atomic E-state index is 13.1. The van der Waals surface area contributed by atoms with E-state index in [0.717, 1.165) is 34.6 Å². The minimum absolute atomic E-state index is 0.0882. The molecule has 1 unspecified atom stereocenters. The first-order valence-corrected chi connectivity index (χ1v) is 11.1. The van der Waals surface area contributed by atoms with Gasteiger partial charge in [-0.05, 0) is 60.2 Å². The molecule has 1 amide bonds. The van der Waals surface area contributed by atoms with Gasteiger partial charge in [0.25, 0.3) is 11.7 Å². The second-order valence-electron chi connectivity index (χ2n) is 7.73. The van der Waals surface area contributed by atoms with Crippen LogP contribution in [0.2, 0.25) is 0 Å². The van der Waals surface area contributed by atoms with E-state index in [4.69, 9.17) is 0 Å². The Morgan fingerprint density at radius 3 is 2.18 bits per heavy atom. The van der Waals surface area contributed by atoms with Gasteiger partial charge in [-0.2, -0.15) is 13.2 Å². The SMILES string of the molecule is CCc1ccc(/C(O)=C2/C(=O)C(=O)N(c3ccc(C(F)(F)F)cc3)C2c2sccc2C)cc1. The smallest absolute Gasteiger partial charge is 0.416 e. The molecule has 4 nitrogen and oxygen atoms in total. The molecule has 2 heterocycles. The quantitative estimate of drug-likeness (QED) is 0.277. The van der Waals surface area contributed by atoms with Crippen molar-refractivity contribution in [1.29, 1.82) is 0 Å². The van der Waals surface area contributed by atoms with Gasteiger partial charge < -0.3 is 5.11 Å². The van der Waals surface area contributed by atoms with Crippen molar-refractivity contribution in [3.05, 3.63) is 92.7 Å². The van der Waals surface area contributed by atoms with Gasteiger partial charge in [-0.3, -0.25) is 14.5 Å². The van der Waals surface area contributed by atoms with Gasteiger partial charge in [0.1, 0.15) is 11.8 Å². The van der Waals surface area contributed by atoms with E-state index in [1.165, 1.54) is 23.5 Å². The number of halogens is 3. The Kier molecular flexibility index (Phi) is 5.88. The van der Waals surface area contributed by atoms with Crippen molar-refractivity contribution in [1.82, 2.24) is 0 Å². The topological polar surface area (TPSA) is 57.6 Å². The molecule has 8 heteroatoms. The second-order valence-corrected chi connectivity index (χ2v) is 8.68. The van der Waals surface area contributed by atoms with E-state index in [0.29, 0.717) is 10.4 Å². The van der Waals surface area contributed by atoms with Crippen LogP contribution in [0.15, 0.2) is 65.6 Å². The molecule has 1 N–H and O–H groups in total. The van der Waals surface area contributed by atoms with Gasteiger partial charge in [0.2, 0.25) is 0 Å². The number of hydrogen-bond donors (Lipinski definition) is 1. The highest BCUT2D eigenvalue weighted by Gasteiger charge is 2.48. The summed E-state index contributed by atoms with van der Waals surface area (Å²) in [5.41, 5.74) is 1.43. The number of carbonyl (C=O) groups is 2. The molecule has 1 saturated heterocycles. The Balaban J connectivity index is 1.88. The number of carbonyl (C=O) groups excluding carboxylic acids is 2. The molecule has 0 bridgehead atoms. The summed E-state index contributed by atoms with van der Waals surface area (Å²) in [5, 5.41) is 12.9. The van der Waals surface area contributed by atoms with Crippen molar-refractivity contribution in [3.8, 4) is 0 Å². The number of nitrogens with zero attached hydrogens (tertiary/aromatic N) is 1. The zero-order valence-electron chi connectivity index (χ0n) is 17.8. The lowest BCUT2D eigenvalue weighted by molar-refractivity contribution is -0.137. The summed E-state index contributed by atoms with van der Waals surface area (Å²) in [6, 6.07) is 12.0. The largest absolute Gasteiger partial charge is 0.507 e. The summed E-state index contributed by atoms with van der Waals surface area (Å²) < 4.78 is 39.1. The van der Waals surface area contributed by atoms with Gasteiger partial charge in [-0.1, -0.05) is 31.2 Å². The monoisotopic (exact) mass is 471 g/mol. The molecule has 0 saturated carbocycles. The number of benzene rings is 2. The molecule has 2 aromatic carbocycles. The Bertz CT molecular complexity index is 1240. The van der Waals surface area contributed by atoms with Crippen LogP contribution in [0.5, 0.6) is 0 Å². The molecule has 4 rings (SSSR count). The number of amides is 1. The van der Waals surface area contributed by atoms with E-state index < -0.39 is 29.5 Å². The molecule has 1 atom stereocenters. The van der Waals surface area contributed by atoms with Crippen molar-refractivity contribution in [2.75, 3.05) is 4.90 Å². The molecule has 33 heavy (non-hydrogen) atoms. The van der Waals surface area contributed by atoms with Gasteiger partial charge in [0.15, 0.2) is 0 Å². The molecule has 1 fully saturated rings. The molecular weight excluding hydrogens is 451 g/mol. The van der Waals surface area contributed by atoms with E-state index >= 15 is 0 Å². The van der Waals surface area contributed by atoms with Crippen LogP contribution in [0, 0.1) is 6.92 Å². The number of Topliss-reactive ketones (excluding diaryl/α,β-unsaturated/α-hetero) is 1. The molecule has 1 aliphatic heterocycles. The zero-order valence-corrected chi connectivity index (χ0v) is 18.6. The van der Waals surface area contributed by atoms with Crippen LogP contribution >= 0.6 is 11.3 Å². The van der Waals surface area contributed by atoms with Crippen LogP contribution in [-0.4, -0.2) is 16.8 Å². The van der Waals surface area contributed by atoms with Crippen molar-refractivity contribution >= 4 is 34.5 Å². The molecule has 1 aliphatic rings. The van der Waals surface area contributed by atoms with E-state index in [9.17, 15) is 27.9 Å². The van der Waals surface area contributed by atoms with Crippen LogP contribution in [0.25, 0.3) is 5.76 Å². The maximum Gasteiger partial charge on any atom is 0.416 e. The van der Waals surface area contributed by atoms with E-state index in [1.54, 1.807) is 17.5 Å². The van der Waals surface area contributed by atoms with E-state index in [1.807, 2.05) is 32.0 Å². The molecule has 0 spiro atoms. The highest BCUT2D eigenvalue weighted by atomic mass is 32.1. The predicted molar refractivity (Wildman–Crippen MR) is 121 cm³/mol. The lowest BCUT2D eigenvalue weighted by atomic mass is 9.97. The summed E-state index contributed by atoms with van der Waals surface area (Å²) in [4.78, 5) is 28.0. The highest BCUT2D eigenvalue weighted by molar-refractivity contribution is 7.10. The standard InChI is InChI=1S/C25H20F3NO3S/c1-3-15-4-6-16(7-5-15)21(30)19-20(23-14(2)12-13-33-23)29(24(32)22(19)31)18-10-8-17(9-11-18)25(26,27)28/h4-13,20,30H,3H2,1-2H3/b21-19-. The zero-order chi connectivity index (χ0) is 23.9. The minimum Gasteiger partial charge on any atom is -0.507 e. The fourth-order valence-corrected chi connectivity index (χ4v) is 4.90. The molecular formula is C25H20F3NO3S. The van der Waals surface area contributed by atoms with Crippen LogP contribution in [-0.2, 0) is 22.2 Å². The van der Waals surface area contributed by atoms with Crippen LogP contribution in [0.4, 0.5) is 18.9 Å². The number of aliphatic hydroxyl groups is 1. The van der Waals surface area contributed by atoms with Crippen LogP contribution < -0.4 is 4.90 Å². The van der Waals surface area contributed by atoms with Crippen molar-refractivity contribution < 1.29 is 27.9 Å². The summed E-state index contributed by atoms with van der Waals surface area (Å²) in [6.07, 6.45) is -3.73. The Hall–Kier alpha value is -3.39. The number of anilines is 1. The Morgan fingerprint density at radius 2 is 1.67 bits per heavy atom. The van der Waals surface area contributed by atoms with Crippen molar-refractivity contribution in [3.63, 3.8) is 0 Å². The van der Waals surface area contributed by atoms with Gasteiger partial charge in [0, 0.05) is 16.1 Å². The van der Waals surface area contributed by atoms with Gasteiger partial charge in [0.05, 0.1) is 11.1 Å². The highest BCUT2D eigenvalue weighted by Crippen LogP contribution is 2.45. The summed E-state index contributed by atoms with van der Waals surface area (Å²) in [6.45, 7) is 3.80. The molecule has 0 aliphatic carbocycles. The van der Waals surface area contributed by atoms with Gasteiger partial charge >= 0.3 is 6.18 Å². The Labute approximate surface area is 192 Å². The number of aryl methyl sites for hydroxylation is 2. The molecule has 170 valence electrons. The third kappa shape index (κ3) is 4.06. The summed E-state index contributed by atoms with van der Waals surface area (Å²) in [5.74, 6) is -2.10. The van der Waals surface area contributed by atoms with Gasteiger partial charge in [-0.25, -0.2) is 0 Å². The summed E-state index contributed by atoms with van der Waals surface area (Å²) in [7, 11) is 0. The third-order valence-electron chi connectivity index (χ3n) is 5.70. The minimum atomic E-state index is -4.53. The first-order valence-electron chi connectivity index (χ1n) is 10.2. The fraction of sp³-hybridized carbons (Fsp3) is 0.200. The number of thiophene rings is 1. The van der Waals surface area contributed by atoms with Gasteiger partial charge in [-0.15, -0.1) is 11.3 Å². The number of rotatable bonds is 4. The van der Waals surface area contributed by atoms with Crippen molar-refractivity contribution in [2.45, 2.75) is 32.5 Å². The second kappa shape index (κ2) is 8.51. The van der Waals surface area contributed by atoms with Crippen LogP contribution in [0.1, 0.15) is 40.1 Å².